The molecule has 4 heteroatoms. The lowest BCUT2D eigenvalue weighted by Gasteiger charge is -2.33. The number of nitrogens with one attached hydrogen (secondary N) is 2. The Labute approximate surface area is 101 Å². The second kappa shape index (κ2) is 4.11. The molecule has 2 N–H and O–H groups in total. The number of aromatic nitrogens is 1. The topological polar surface area (TPSA) is 54.0 Å². The molecule has 1 aromatic heterocycles. The molecule has 17 heavy (non-hydrogen) atoms. The Hall–Kier alpha value is -1.42. The fraction of sp³-hybridized carbons (Fsp3) is 0.538. The van der Waals surface area contributed by atoms with Crippen molar-refractivity contribution in [3.8, 4) is 0 Å². The Morgan fingerprint density at radius 1 is 1.24 bits per heavy atom. The van der Waals surface area contributed by atoms with Crippen molar-refractivity contribution in [3.05, 3.63) is 30.1 Å². The molecule has 0 saturated carbocycles. The van der Waals surface area contributed by atoms with E-state index in [9.17, 15) is 4.79 Å². The summed E-state index contributed by atoms with van der Waals surface area (Å²) in [6, 6.07) is 3.90. The second-order valence-corrected chi connectivity index (χ2v) is 5.06. The summed E-state index contributed by atoms with van der Waals surface area (Å²) in [5, 5.41) is 6.56. The van der Waals surface area contributed by atoms with Gasteiger partial charge < -0.3 is 10.6 Å². The third kappa shape index (κ3) is 1.93. The van der Waals surface area contributed by atoms with E-state index in [0.717, 1.165) is 37.9 Å². The highest BCUT2D eigenvalue weighted by Crippen LogP contribution is 2.37. The minimum absolute atomic E-state index is 0.0103. The summed E-state index contributed by atoms with van der Waals surface area (Å²) in [5.74, 6) is 0.189. The molecule has 0 bridgehead atoms. The second-order valence-electron chi connectivity index (χ2n) is 5.06. The van der Waals surface area contributed by atoms with Crippen LogP contribution in [0.2, 0.25) is 0 Å². The Balaban J connectivity index is 1.82. The molecule has 0 aromatic carbocycles. The van der Waals surface area contributed by atoms with Crippen LogP contribution in [0.15, 0.2) is 24.5 Å². The van der Waals surface area contributed by atoms with Gasteiger partial charge >= 0.3 is 0 Å². The number of piperidine rings is 1. The van der Waals surface area contributed by atoms with Crippen molar-refractivity contribution in [2.75, 3.05) is 13.1 Å². The van der Waals surface area contributed by atoms with Crippen LogP contribution < -0.4 is 10.6 Å². The largest absolute Gasteiger partial charge is 0.350 e. The number of nitrogens with zero attached hydrogens (tertiary/aromatic N) is 1. The number of hydrogen-bond acceptors (Lipinski definition) is 3. The van der Waals surface area contributed by atoms with E-state index in [4.69, 9.17) is 0 Å². The minimum Gasteiger partial charge on any atom is -0.350 e. The predicted octanol–water partition coefficient (Wildman–Crippen LogP) is 0.807. The van der Waals surface area contributed by atoms with Gasteiger partial charge in [0, 0.05) is 17.9 Å². The number of hydrogen-bond donors (Lipinski definition) is 2. The lowest BCUT2D eigenvalue weighted by molar-refractivity contribution is -0.121. The monoisotopic (exact) mass is 231 g/mol. The van der Waals surface area contributed by atoms with Crippen molar-refractivity contribution in [2.45, 2.75) is 30.7 Å². The van der Waals surface area contributed by atoms with E-state index >= 15 is 0 Å². The molecule has 0 aliphatic carbocycles. The fourth-order valence-electron chi connectivity index (χ4n) is 2.98. The van der Waals surface area contributed by atoms with Crippen LogP contribution in [0.25, 0.3) is 0 Å². The number of carbonyl (C=O) groups excluding carboxylic acids is 1. The molecule has 3 heterocycles. The molecule has 1 atom stereocenters. The lowest BCUT2D eigenvalue weighted by atomic mass is 9.82. The number of pyridine rings is 1. The summed E-state index contributed by atoms with van der Waals surface area (Å²) < 4.78 is 0. The molecule has 2 aliphatic heterocycles. The van der Waals surface area contributed by atoms with Gasteiger partial charge in [0.05, 0.1) is 5.92 Å². The van der Waals surface area contributed by atoms with E-state index < -0.39 is 0 Å². The third-order valence-electron chi connectivity index (χ3n) is 3.97. The maximum absolute atomic E-state index is 12.1. The maximum Gasteiger partial charge on any atom is 0.228 e. The fourth-order valence-corrected chi connectivity index (χ4v) is 2.98. The quantitative estimate of drug-likeness (QED) is 0.752. The van der Waals surface area contributed by atoms with Crippen LogP contribution in [0.5, 0.6) is 0 Å². The van der Waals surface area contributed by atoms with Gasteiger partial charge in [-0.2, -0.15) is 0 Å². The summed E-state index contributed by atoms with van der Waals surface area (Å²) in [6.45, 7) is 2.01. The minimum atomic E-state index is 0.0103. The van der Waals surface area contributed by atoms with E-state index in [2.05, 4.69) is 15.6 Å². The number of amides is 1. The van der Waals surface area contributed by atoms with Gasteiger partial charge in [0.25, 0.3) is 0 Å². The molecule has 0 unspecified atom stereocenters. The Kier molecular flexibility index (Phi) is 2.59. The summed E-state index contributed by atoms with van der Waals surface area (Å²) in [4.78, 5) is 16.1. The van der Waals surface area contributed by atoms with Crippen LogP contribution in [0.4, 0.5) is 0 Å². The molecular weight excluding hydrogens is 214 g/mol. The highest BCUT2D eigenvalue weighted by molar-refractivity contribution is 5.87. The van der Waals surface area contributed by atoms with Crippen molar-refractivity contribution in [3.63, 3.8) is 0 Å². The Morgan fingerprint density at radius 3 is 2.65 bits per heavy atom. The van der Waals surface area contributed by atoms with Gasteiger partial charge in [-0.05, 0) is 50.0 Å². The first-order valence-corrected chi connectivity index (χ1v) is 6.22. The predicted molar refractivity (Wildman–Crippen MR) is 64.6 cm³/mol. The maximum atomic E-state index is 12.1. The number of carbonyl (C=O) groups is 1. The average Bonchev–Trinajstić information content (AvgIpc) is 2.68. The molecule has 2 aliphatic rings. The van der Waals surface area contributed by atoms with Gasteiger partial charge in [-0.25, -0.2) is 0 Å². The molecular formula is C13H17N3O. The first-order valence-electron chi connectivity index (χ1n) is 6.22. The highest BCUT2D eigenvalue weighted by atomic mass is 16.2. The van der Waals surface area contributed by atoms with Crippen LogP contribution in [-0.4, -0.2) is 29.5 Å². The van der Waals surface area contributed by atoms with Crippen molar-refractivity contribution in [2.24, 2.45) is 0 Å². The molecule has 4 nitrogen and oxygen atoms in total. The van der Waals surface area contributed by atoms with E-state index in [1.807, 2.05) is 12.1 Å². The SMILES string of the molecule is O=C1NC2(CCNCC2)C[C@H]1c1ccncc1. The number of rotatable bonds is 1. The van der Waals surface area contributed by atoms with Gasteiger partial charge in [0.2, 0.25) is 5.91 Å². The third-order valence-corrected chi connectivity index (χ3v) is 3.97. The first-order chi connectivity index (χ1) is 8.29. The Bertz CT molecular complexity index is 412. The van der Waals surface area contributed by atoms with E-state index in [0.29, 0.717) is 0 Å². The van der Waals surface area contributed by atoms with Gasteiger partial charge in [-0.1, -0.05) is 0 Å². The van der Waals surface area contributed by atoms with Crippen molar-refractivity contribution >= 4 is 5.91 Å². The zero-order chi connectivity index (χ0) is 11.7. The van der Waals surface area contributed by atoms with Crippen molar-refractivity contribution < 1.29 is 4.79 Å². The molecule has 0 radical (unpaired) electrons. The van der Waals surface area contributed by atoms with Gasteiger partial charge in [-0.3, -0.25) is 9.78 Å². The van der Waals surface area contributed by atoms with Crippen LogP contribution in [-0.2, 0) is 4.79 Å². The molecule has 1 aromatic rings. The van der Waals surface area contributed by atoms with E-state index in [1.54, 1.807) is 12.4 Å². The molecule has 90 valence electrons. The molecule has 3 rings (SSSR count). The van der Waals surface area contributed by atoms with Gasteiger partial charge in [0.15, 0.2) is 0 Å². The lowest BCUT2D eigenvalue weighted by Crippen LogP contribution is -2.49. The van der Waals surface area contributed by atoms with Crippen LogP contribution in [0, 0.1) is 0 Å². The summed E-state index contributed by atoms with van der Waals surface area (Å²) in [7, 11) is 0. The van der Waals surface area contributed by atoms with Gasteiger partial charge in [-0.15, -0.1) is 0 Å². The summed E-state index contributed by atoms with van der Waals surface area (Å²) in [6.07, 6.45) is 6.53. The van der Waals surface area contributed by atoms with Gasteiger partial charge in [0.1, 0.15) is 0 Å². The van der Waals surface area contributed by atoms with E-state index in [-0.39, 0.29) is 17.4 Å². The normalized spacial score (nSPS) is 27.1. The molecule has 1 amide bonds. The zero-order valence-corrected chi connectivity index (χ0v) is 9.78. The van der Waals surface area contributed by atoms with Crippen LogP contribution in [0.1, 0.15) is 30.7 Å². The Morgan fingerprint density at radius 2 is 1.94 bits per heavy atom. The first kappa shape index (κ1) is 10.7. The van der Waals surface area contributed by atoms with Crippen LogP contribution in [0.3, 0.4) is 0 Å². The van der Waals surface area contributed by atoms with Crippen LogP contribution >= 0.6 is 0 Å². The van der Waals surface area contributed by atoms with Crippen molar-refractivity contribution in [1.29, 1.82) is 0 Å². The van der Waals surface area contributed by atoms with Crippen molar-refractivity contribution in [1.82, 2.24) is 15.6 Å². The van der Waals surface area contributed by atoms with E-state index in [1.165, 1.54) is 0 Å². The molecule has 2 fully saturated rings. The molecule has 1 spiro atoms. The summed E-state index contributed by atoms with van der Waals surface area (Å²) >= 11 is 0. The smallest absolute Gasteiger partial charge is 0.228 e. The highest BCUT2D eigenvalue weighted by Gasteiger charge is 2.44. The standard InChI is InChI=1S/C13H17N3O/c17-12-11(10-1-5-14-6-2-10)9-13(16-12)3-7-15-8-4-13/h1-2,5-6,11,15H,3-4,7-9H2,(H,16,17)/t11-/m0/s1. The summed E-state index contributed by atoms with van der Waals surface area (Å²) in [5.41, 5.74) is 1.13. The molecule has 2 saturated heterocycles. The average molecular weight is 231 g/mol. The zero-order valence-electron chi connectivity index (χ0n) is 9.78.